The highest BCUT2D eigenvalue weighted by atomic mass is 16.3. The monoisotopic (exact) mass is 288 g/mol. The van der Waals surface area contributed by atoms with Crippen molar-refractivity contribution >= 4 is 11.8 Å². The average molecular weight is 288 g/mol. The zero-order valence-corrected chi connectivity index (χ0v) is 12.1. The lowest BCUT2D eigenvalue weighted by Gasteiger charge is -2.47. The van der Waals surface area contributed by atoms with Crippen molar-refractivity contribution in [3.63, 3.8) is 0 Å². The van der Waals surface area contributed by atoms with E-state index < -0.39 is 5.60 Å². The quantitative estimate of drug-likeness (QED) is 0.857. The molecule has 1 aliphatic carbocycles. The number of hydrogen-bond donors (Lipinski definition) is 2. The molecule has 0 radical (unpaired) electrons. The van der Waals surface area contributed by atoms with Crippen LogP contribution in [-0.4, -0.2) is 47.1 Å². The van der Waals surface area contributed by atoms with Gasteiger partial charge in [0, 0.05) is 5.56 Å². The number of benzene rings is 1. The zero-order chi connectivity index (χ0) is 15.0. The summed E-state index contributed by atoms with van der Waals surface area (Å²) in [4.78, 5) is 25.5. The first-order valence-electron chi connectivity index (χ1n) is 7.33. The van der Waals surface area contributed by atoms with Crippen LogP contribution >= 0.6 is 0 Å². The van der Waals surface area contributed by atoms with Crippen LogP contribution < -0.4 is 5.32 Å². The summed E-state index contributed by atoms with van der Waals surface area (Å²) in [5.41, 5.74) is 0.963. The number of nitrogens with zero attached hydrogens (tertiary/aromatic N) is 1. The van der Waals surface area contributed by atoms with Gasteiger partial charge in [0.05, 0.1) is 19.6 Å². The molecule has 0 unspecified atom stereocenters. The lowest BCUT2D eigenvalue weighted by molar-refractivity contribution is -0.158. The standard InChI is InChI=1S/C16H20N2O3/c1-11-2-4-12(5-3-11)15(20)17-8-14(19)18-9-16(21,10-18)13-6-7-13/h2-5,13,21H,6-10H2,1H3,(H,17,20). The minimum Gasteiger partial charge on any atom is -0.386 e. The number of carbonyl (C=O) groups excluding carboxylic acids is 2. The first kappa shape index (κ1) is 14.1. The Labute approximate surface area is 123 Å². The van der Waals surface area contributed by atoms with E-state index in [4.69, 9.17) is 0 Å². The molecule has 2 fully saturated rings. The highest BCUT2D eigenvalue weighted by molar-refractivity contribution is 5.96. The number of carbonyl (C=O) groups is 2. The second-order valence-corrected chi connectivity index (χ2v) is 6.18. The third-order valence-electron chi connectivity index (χ3n) is 4.33. The summed E-state index contributed by atoms with van der Waals surface area (Å²) in [7, 11) is 0. The Balaban J connectivity index is 1.46. The molecule has 0 bridgehead atoms. The van der Waals surface area contributed by atoms with Gasteiger partial charge >= 0.3 is 0 Å². The molecule has 1 aromatic carbocycles. The van der Waals surface area contributed by atoms with Crippen LogP contribution in [0.4, 0.5) is 0 Å². The molecule has 1 saturated carbocycles. The van der Waals surface area contributed by atoms with Gasteiger partial charge in [-0.05, 0) is 37.8 Å². The van der Waals surface area contributed by atoms with E-state index in [1.165, 1.54) is 0 Å². The molecule has 5 heteroatoms. The number of nitrogens with one attached hydrogen (secondary N) is 1. The molecule has 2 aliphatic rings. The number of β-amino-alcohol motifs (C(OH)–C–C–N with tert-alkyl or cyclic N) is 1. The normalized spacial score (nSPS) is 19.8. The van der Waals surface area contributed by atoms with E-state index in [0.29, 0.717) is 24.6 Å². The number of hydrogen-bond acceptors (Lipinski definition) is 3. The topological polar surface area (TPSA) is 69.6 Å². The maximum absolute atomic E-state index is 11.9. The lowest BCUT2D eigenvalue weighted by atomic mass is 9.89. The summed E-state index contributed by atoms with van der Waals surface area (Å²) >= 11 is 0. The van der Waals surface area contributed by atoms with Crippen molar-refractivity contribution in [1.82, 2.24) is 10.2 Å². The van der Waals surface area contributed by atoms with Crippen LogP contribution in [0.2, 0.25) is 0 Å². The van der Waals surface area contributed by atoms with Crippen molar-refractivity contribution in [3.05, 3.63) is 35.4 Å². The molecule has 1 aromatic rings. The van der Waals surface area contributed by atoms with Gasteiger partial charge in [-0.2, -0.15) is 0 Å². The molecule has 2 N–H and O–H groups in total. The number of aryl methyl sites for hydroxylation is 1. The molecule has 3 rings (SSSR count). The SMILES string of the molecule is Cc1ccc(C(=O)NCC(=O)N2CC(O)(C3CC3)C2)cc1. The Morgan fingerprint density at radius 1 is 1.29 bits per heavy atom. The third kappa shape index (κ3) is 2.93. The molecule has 0 spiro atoms. The molecule has 1 aliphatic heterocycles. The summed E-state index contributed by atoms with van der Waals surface area (Å²) in [5.74, 6) is -0.0224. The van der Waals surface area contributed by atoms with Crippen LogP contribution in [0.1, 0.15) is 28.8 Å². The smallest absolute Gasteiger partial charge is 0.251 e. The van der Waals surface area contributed by atoms with Gasteiger partial charge < -0.3 is 15.3 Å². The van der Waals surface area contributed by atoms with E-state index in [0.717, 1.165) is 18.4 Å². The molecule has 1 saturated heterocycles. The Kier molecular flexibility index (Phi) is 3.45. The average Bonchev–Trinajstić information content (AvgIpc) is 3.26. The molecular weight excluding hydrogens is 268 g/mol. The van der Waals surface area contributed by atoms with Crippen molar-refractivity contribution in [2.75, 3.05) is 19.6 Å². The summed E-state index contributed by atoms with van der Waals surface area (Å²) in [5, 5.41) is 12.8. The van der Waals surface area contributed by atoms with Crippen LogP contribution in [-0.2, 0) is 4.79 Å². The van der Waals surface area contributed by atoms with E-state index in [1.54, 1.807) is 17.0 Å². The number of likely N-dealkylation sites (tertiary alicyclic amines) is 1. The van der Waals surface area contributed by atoms with Gasteiger partial charge in [0.1, 0.15) is 5.60 Å². The lowest BCUT2D eigenvalue weighted by Crippen LogP contribution is -2.65. The van der Waals surface area contributed by atoms with Gasteiger partial charge in [-0.1, -0.05) is 17.7 Å². The Morgan fingerprint density at radius 3 is 2.48 bits per heavy atom. The maximum atomic E-state index is 11.9. The molecule has 5 nitrogen and oxygen atoms in total. The van der Waals surface area contributed by atoms with Crippen LogP contribution in [0.15, 0.2) is 24.3 Å². The highest BCUT2D eigenvalue weighted by Gasteiger charge is 2.53. The first-order chi connectivity index (χ1) is 9.98. The number of aliphatic hydroxyl groups is 1. The largest absolute Gasteiger partial charge is 0.386 e. The van der Waals surface area contributed by atoms with Crippen LogP contribution in [0.3, 0.4) is 0 Å². The highest BCUT2D eigenvalue weighted by Crippen LogP contribution is 2.44. The predicted molar refractivity (Wildman–Crippen MR) is 77.8 cm³/mol. The van der Waals surface area contributed by atoms with Crippen LogP contribution in [0, 0.1) is 12.8 Å². The van der Waals surface area contributed by atoms with E-state index in [-0.39, 0.29) is 18.4 Å². The van der Waals surface area contributed by atoms with Crippen LogP contribution in [0.25, 0.3) is 0 Å². The summed E-state index contributed by atoms with van der Waals surface area (Å²) in [6, 6.07) is 7.21. The minimum absolute atomic E-state index is 0.0204. The van der Waals surface area contributed by atoms with E-state index in [9.17, 15) is 14.7 Å². The molecule has 0 atom stereocenters. The Morgan fingerprint density at radius 2 is 1.90 bits per heavy atom. The van der Waals surface area contributed by atoms with Gasteiger partial charge in [0.2, 0.25) is 5.91 Å². The first-order valence-corrected chi connectivity index (χ1v) is 7.33. The van der Waals surface area contributed by atoms with Crippen molar-refractivity contribution in [2.24, 2.45) is 5.92 Å². The fourth-order valence-electron chi connectivity index (χ4n) is 2.74. The molecule has 21 heavy (non-hydrogen) atoms. The van der Waals surface area contributed by atoms with Crippen molar-refractivity contribution in [1.29, 1.82) is 0 Å². The molecule has 1 heterocycles. The summed E-state index contributed by atoms with van der Waals surface area (Å²) in [6.07, 6.45) is 2.12. The van der Waals surface area contributed by atoms with Crippen molar-refractivity contribution in [3.8, 4) is 0 Å². The number of rotatable bonds is 4. The van der Waals surface area contributed by atoms with Crippen molar-refractivity contribution in [2.45, 2.75) is 25.4 Å². The molecule has 112 valence electrons. The molecule has 0 aromatic heterocycles. The van der Waals surface area contributed by atoms with E-state index >= 15 is 0 Å². The Bertz CT molecular complexity index is 557. The maximum Gasteiger partial charge on any atom is 0.251 e. The minimum atomic E-state index is -0.670. The van der Waals surface area contributed by atoms with Crippen LogP contribution in [0.5, 0.6) is 0 Å². The second kappa shape index (κ2) is 5.15. The van der Waals surface area contributed by atoms with Gasteiger partial charge in [-0.15, -0.1) is 0 Å². The zero-order valence-electron chi connectivity index (χ0n) is 12.1. The second-order valence-electron chi connectivity index (χ2n) is 6.18. The predicted octanol–water partition coefficient (Wildman–Crippen LogP) is 0.708. The van der Waals surface area contributed by atoms with Gasteiger partial charge in [-0.25, -0.2) is 0 Å². The van der Waals surface area contributed by atoms with Gasteiger partial charge in [0.15, 0.2) is 0 Å². The fraction of sp³-hybridized carbons (Fsp3) is 0.500. The van der Waals surface area contributed by atoms with E-state index in [2.05, 4.69) is 5.32 Å². The van der Waals surface area contributed by atoms with E-state index in [1.807, 2.05) is 19.1 Å². The summed E-state index contributed by atoms with van der Waals surface area (Å²) in [6.45, 7) is 2.73. The van der Waals surface area contributed by atoms with Gasteiger partial charge in [-0.3, -0.25) is 9.59 Å². The van der Waals surface area contributed by atoms with Crippen molar-refractivity contribution < 1.29 is 14.7 Å². The van der Waals surface area contributed by atoms with Gasteiger partial charge in [0.25, 0.3) is 5.91 Å². The summed E-state index contributed by atoms with van der Waals surface area (Å²) < 4.78 is 0. The third-order valence-corrected chi connectivity index (χ3v) is 4.33. The molecule has 2 amide bonds. The fourth-order valence-corrected chi connectivity index (χ4v) is 2.74. The number of amides is 2. The Hall–Kier alpha value is -1.88. The molecular formula is C16H20N2O3.